The molecule has 1 saturated carbocycles. The number of aryl methyl sites for hydroxylation is 2. The first-order chi connectivity index (χ1) is 9.04. The number of hydrogen-bond donors (Lipinski definition) is 1. The van der Waals surface area contributed by atoms with E-state index in [-0.39, 0.29) is 6.04 Å². The highest BCUT2D eigenvalue weighted by molar-refractivity contribution is 6.31. The third-order valence-electron chi connectivity index (χ3n) is 5.01. The van der Waals surface area contributed by atoms with Gasteiger partial charge in [0.1, 0.15) is 0 Å². The van der Waals surface area contributed by atoms with Crippen molar-refractivity contribution in [2.45, 2.75) is 64.8 Å². The Labute approximate surface area is 121 Å². The van der Waals surface area contributed by atoms with Crippen molar-refractivity contribution in [2.75, 3.05) is 0 Å². The number of rotatable bonds is 5. The van der Waals surface area contributed by atoms with Crippen LogP contribution in [0.3, 0.4) is 0 Å². The summed E-state index contributed by atoms with van der Waals surface area (Å²) in [4.78, 5) is 0. The van der Waals surface area contributed by atoms with Gasteiger partial charge in [0.25, 0.3) is 0 Å². The van der Waals surface area contributed by atoms with Crippen LogP contribution in [0.5, 0.6) is 0 Å². The Bertz CT molecular complexity index is 433. The van der Waals surface area contributed by atoms with Crippen LogP contribution in [0.4, 0.5) is 0 Å². The first kappa shape index (κ1) is 14.9. The predicted molar refractivity (Wildman–Crippen MR) is 80.5 cm³/mol. The standard InChI is InChI=1S/C15H26ClN3/c1-4-11-14(16)12(19(3)18-11)10-13(17)15(5-2)8-6-7-9-15/h13H,4-10,17H2,1-3H3. The molecule has 2 N–H and O–H groups in total. The van der Waals surface area contributed by atoms with Crippen LogP contribution in [0, 0.1) is 5.41 Å². The molecule has 1 aliphatic carbocycles. The summed E-state index contributed by atoms with van der Waals surface area (Å²) in [6.45, 7) is 4.36. The van der Waals surface area contributed by atoms with Crippen molar-refractivity contribution in [1.82, 2.24) is 9.78 Å². The molecule has 4 heteroatoms. The molecule has 0 spiro atoms. The molecule has 1 aliphatic rings. The van der Waals surface area contributed by atoms with Crippen LogP contribution in [0.1, 0.15) is 57.3 Å². The summed E-state index contributed by atoms with van der Waals surface area (Å²) < 4.78 is 1.92. The Morgan fingerprint density at radius 2 is 2.00 bits per heavy atom. The molecule has 19 heavy (non-hydrogen) atoms. The average molecular weight is 284 g/mol. The third kappa shape index (κ3) is 2.68. The van der Waals surface area contributed by atoms with Gasteiger partial charge in [0.15, 0.2) is 0 Å². The van der Waals surface area contributed by atoms with Crippen molar-refractivity contribution < 1.29 is 0 Å². The van der Waals surface area contributed by atoms with Gasteiger partial charge in [0.2, 0.25) is 0 Å². The highest BCUT2D eigenvalue weighted by atomic mass is 35.5. The number of aromatic nitrogens is 2. The van der Waals surface area contributed by atoms with Crippen molar-refractivity contribution in [1.29, 1.82) is 0 Å². The lowest BCUT2D eigenvalue weighted by atomic mass is 9.75. The summed E-state index contributed by atoms with van der Waals surface area (Å²) >= 11 is 6.43. The smallest absolute Gasteiger partial charge is 0.0850 e. The van der Waals surface area contributed by atoms with E-state index >= 15 is 0 Å². The fraction of sp³-hybridized carbons (Fsp3) is 0.800. The van der Waals surface area contributed by atoms with Gasteiger partial charge in [-0.1, -0.05) is 38.3 Å². The van der Waals surface area contributed by atoms with E-state index in [1.54, 1.807) is 0 Å². The number of nitrogens with two attached hydrogens (primary N) is 1. The summed E-state index contributed by atoms with van der Waals surface area (Å²) in [7, 11) is 1.97. The Balaban J connectivity index is 2.18. The maximum Gasteiger partial charge on any atom is 0.0850 e. The van der Waals surface area contributed by atoms with E-state index in [0.29, 0.717) is 5.41 Å². The average Bonchev–Trinajstić information content (AvgIpc) is 2.99. The second-order valence-electron chi connectivity index (χ2n) is 5.92. The SMILES string of the molecule is CCc1nn(C)c(CC(N)C2(CC)CCCC2)c1Cl. The topological polar surface area (TPSA) is 43.8 Å². The van der Waals surface area contributed by atoms with Gasteiger partial charge in [0.05, 0.1) is 16.4 Å². The summed E-state index contributed by atoms with van der Waals surface area (Å²) in [5, 5.41) is 5.31. The van der Waals surface area contributed by atoms with Crippen LogP contribution in [-0.4, -0.2) is 15.8 Å². The zero-order valence-corrected chi connectivity index (χ0v) is 13.1. The molecule has 1 fully saturated rings. The zero-order valence-electron chi connectivity index (χ0n) is 12.4. The van der Waals surface area contributed by atoms with E-state index in [1.807, 2.05) is 11.7 Å². The normalized spacial score (nSPS) is 19.8. The molecule has 1 heterocycles. The molecule has 0 saturated heterocycles. The molecule has 0 aromatic carbocycles. The molecule has 1 aromatic heterocycles. The highest BCUT2D eigenvalue weighted by Crippen LogP contribution is 2.44. The van der Waals surface area contributed by atoms with E-state index in [1.165, 1.54) is 32.1 Å². The number of hydrogen-bond acceptors (Lipinski definition) is 2. The van der Waals surface area contributed by atoms with Crippen LogP contribution < -0.4 is 5.73 Å². The van der Waals surface area contributed by atoms with Crippen LogP contribution in [0.15, 0.2) is 0 Å². The lowest BCUT2D eigenvalue weighted by Crippen LogP contribution is -2.41. The lowest BCUT2D eigenvalue weighted by Gasteiger charge is -2.34. The summed E-state index contributed by atoms with van der Waals surface area (Å²) in [5.74, 6) is 0. The maximum atomic E-state index is 6.55. The molecule has 3 nitrogen and oxygen atoms in total. The number of nitrogens with zero attached hydrogens (tertiary/aromatic N) is 2. The van der Waals surface area contributed by atoms with Crippen LogP contribution >= 0.6 is 11.6 Å². The first-order valence-corrected chi connectivity index (χ1v) is 7.87. The summed E-state index contributed by atoms with van der Waals surface area (Å²) in [6, 6.07) is 0.192. The van der Waals surface area contributed by atoms with E-state index in [2.05, 4.69) is 18.9 Å². The van der Waals surface area contributed by atoms with Crippen molar-refractivity contribution in [3.63, 3.8) is 0 Å². The van der Waals surface area contributed by atoms with E-state index in [4.69, 9.17) is 17.3 Å². The molecular weight excluding hydrogens is 258 g/mol. The van der Waals surface area contributed by atoms with Gasteiger partial charge >= 0.3 is 0 Å². The van der Waals surface area contributed by atoms with Gasteiger partial charge in [-0.25, -0.2) is 0 Å². The second kappa shape index (κ2) is 5.84. The van der Waals surface area contributed by atoms with Gasteiger partial charge < -0.3 is 5.73 Å². The minimum atomic E-state index is 0.192. The van der Waals surface area contributed by atoms with E-state index < -0.39 is 0 Å². The zero-order chi connectivity index (χ0) is 14.0. The maximum absolute atomic E-state index is 6.55. The minimum absolute atomic E-state index is 0.192. The molecule has 0 bridgehead atoms. The third-order valence-corrected chi connectivity index (χ3v) is 5.44. The minimum Gasteiger partial charge on any atom is -0.327 e. The van der Waals surface area contributed by atoms with Gasteiger partial charge in [-0.2, -0.15) is 5.10 Å². The molecule has 1 aromatic rings. The molecule has 0 aliphatic heterocycles. The first-order valence-electron chi connectivity index (χ1n) is 7.50. The molecular formula is C15H26ClN3. The lowest BCUT2D eigenvalue weighted by molar-refractivity contribution is 0.217. The fourth-order valence-electron chi connectivity index (χ4n) is 3.53. The van der Waals surface area contributed by atoms with E-state index in [9.17, 15) is 0 Å². The monoisotopic (exact) mass is 283 g/mol. The number of halogens is 1. The van der Waals surface area contributed by atoms with Gasteiger partial charge in [-0.15, -0.1) is 0 Å². The Morgan fingerprint density at radius 1 is 1.37 bits per heavy atom. The Morgan fingerprint density at radius 3 is 2.47 bits per heavy atom. The molecule has 1 atom stereocenters. The van der Waals surface area contributed by atoms with E-state index in [0.717, 1.165) is 29.3 Å². The van der Waals surface area contributed by atoms with Crippen LogP contribution in [0.25, 0.3) is 0 Å². The second-order valence-corrected chi connectivity index (χ2v) is 6.30. The van der Waals surface area contributed by atoms with Crippen LogP contribution in [-0.2, 0) is 19.9 Å². The summed E-state index contributed by atoms with van der Waals surface area (Å²) in [5.41, 5.74) is 8.96. The molecule has 2 rings (SSSR count). The largest absolute Gasteiger partial charge is 0.327 e. The fourth-order valence-corrected chi connectivity index (χ4v) is 3.90. The predicted octanol–water partition coefficient (Wildman–Crippen LogP) is 3.48. The van der Waals surface area contributed by atoms with Gasteiger partial charge in [-0.05, 0) is 31.1 Å². The summed E-state index contributed by atoms with van der Waals surface area (Å²) in [6.07, 6.45) is 8.06. The quantitative estimate of drug-likeness (QED) is 0.899. The Kier molecular flexibility index (Phi) is 4.57. The molecule has 0 amide bonds. The van der Waals surface area contributed by atoms with Crippen molar-refractivity contribution in [3.05, 3.63) is 16.4 Å². The molecule has 108 valence electrons. The van der Waals surface area contributed by atoms with Gasteiger partial charge in [-0.3, -0.25) is 4.68 Å². The molecule has 1 unspecified atom stereocenters. The molecule has 0 radical (unpaired) electrons. The van der Waals surface area contributed by atoms with Crippen molar-refractivity contribution in [2.24, 2.45) is 18.2 Å². The van der Waals surface area contributed by atoms with Gasteiger partial charge in [0, 0.05) is 19.5 Å². The Hall–Kier alpha value is -0.540. The van der Waals surface area contributed by atoms with Crippen molar-refractivity contribution in [3.8, 4) is 0 Å². The highest BCUT2D eigenvalue weighted by Gasteiger charge is 2.38. The van der Waals surface area contributed by atoms with Crippen molar-refractivity contribution >= 4 is 11.6 Å². The van der Waals surface area contributed by atoms with Crippen LogP contribution in [0.2, 0.25) is 5.02 Å².